The normalized spacial score (nSPS) is 11.8. The Bertz CT molecular complexity index is 970. The molecule has 26 heavy (non-hydrogen) atoms. The Morgan fingerprint density at radius 1 is 0.962 bits per heavy atom. The quantitative estimate of drug-likeness (QED) is 0.439. The predicted octanol–water partition coefficient (Wildman–Crippen LogP) is 3.84. The molecule has 2 aromatic carbocycles. The van der Waals surface area contributed by atoms with Gasteiger partial charge in [-0.1, -0.05) is 36.4 Å². The molecule has 0 aromatic heterocycles. The number of ether oxygens (including phenoxy) is 2. The average Bonchev–Trinajstić information content (AvgIpc) is 3.18. The second kappa shape index (κ2) is 7.06. The molecular formula is C20H15N3O3. The maximum absolute atomic E-state index is 12.6. The zero-order chi connectivity index (χ0) is 17.8. The molecule has 128 valence electrons. The third-order valence-electron chi connectivity index (χ3n) is 3.86. The molecule has 4 rings (SSSR count). The summed E-state index contributed by atoms with van der Waals surface area (Å²) in [7, 11) is 0. The first-order chi connectivity index (χ1) is 12.8. The number of carbonyl (C=O) groups excluding carboxylic acids is 1. The van der Waals surface area contributed by atoms with Crippen LogP contribution in [0.25, 0.3) is 11.4 Å². The Morgan fingerprint density at radius 3 is 2.46 bits per heavy atom. The zero-order valence-electron chi connectivity index (χ0n) is 13.7. The summed E-state index contributed by atoms with van der Waals surface area (Å²) in [5, 5.41) is 7.92. The van der Waals surface area contributed by atoms with Gasteiger partial charge in [-0.25, -0.2) is 4.79 Å². The maximum atomic E-state index is 12.6. The van der Waals surface area contributed by atoms with E-state index in [9.17, 15) is 4.79 Å². The van der Waals surface area contributed by atoms with Crippen molar-refractivity contribution in [3.8, 4) is 17.1 Å². The number of aromatic amines is 1. The maximum Gasteiger partial charge on any atom is 0.341 e. The molecule has 0 aliphatic carbocycles. The van der Waals surface area contributed by atoms with Crippen LogP contribution >= 0.6 is 0 Å². The van der Waals surface area contributed by atoms with Crippen molar-refractivity contribution in [3.63, 3.8) is 0 Å². The van der Waals surface area contributed by atoms with Crippen LogP contribution in [0.3, 0.4) is 0 Å². The molecule has 0 saturated heterocycles. The van der Waals surface area contributed by atoms with Crippen LogP contribution in [-0.2, 0) is 4.74 Å². The SMILES string of the molecule is O=C(OC(Oc1ccccc1)c1cc[nH]c2nncc1-2)c1ccccc1. The zero-order valence-corrected chi connectivity index (χ0v) is 13.7. The van der Waals surface area contributed by atoms with E-state index in [0.29, 0.717) is 22.7 Å². The molecule has 0 saturated carbocycles. The minimum absolute atomic E-state index is 0.451. The van der Waals surface area contributed by atoms with E-state index in [0.717, 1.165) is 5.56 Å². The number of nitrogens with one attached hydrogen (secondary N) is 1. The minimum Gasteiger partial charge on any atom is -0.450 e. The van der Waals surface area contributed by atoms with E-state index in [2.05, 4.69) is 15.2 Å². The highest BCUT2D eigenvalue weighted by Gasteiger charge is 2.25. The smallest absolute Gasteiger partial charge is 0.341 e. The number of H-pyrrole nitrogens is 1. The summed E-state index contributed by atoms with van der Waals surface area (Å²) in [6.07, 6.45) is 2.39. The Morgan fingerprint density at radius 2 is 1.69 bits per heavy atom. The van der Waals surface area contributed by atoms with Gasteiger partial charge in [0.15, 0.2) is 5.82 Å². The van der Waals surface area contributed by atoms with Gasteiger partial charge < -0.3 is 14.5 Å². The van der Waals surface area contributed by atoms with Gasteiger partial charge in [0.2, 0.25) is 0 Å². The Balaban J connectivity index is 1.68. The van der Waals surface area contributed by atoms with Crippen molar-refractivity contribution < 1.29 is 14.3 Å². The molecule has 0 amide bonds. The average molecular weight is 345 g/mol. The van der Waals surface area contributed by atoms with Gasteiger partial charge in [-0.05, 0) is 30.3 Å². The van der Waals surface area contributed by atoms with E-state index < -0.39 is 12.3 Å². The summed E-state index contributed by atoms with van der Waals surface area (Å²) in [4.78, 5) is 15.6. The fourth-order valence-electron chi connectivity index (χ4n) is 2.60. The molecule has 6 nitrogen and oxygen atoms in total. The minimum atomic E-state index is -0.937. The summed E-state index contributed by atoms with van der Waals surface area (Å²) < 4.78 is 11.6. The first kappa shape index (κ1) is 15.8. The summed E-state index contributed by atoms with van der Waals surface area (Å²) in [5.41, 5.74) is 1.85. The van der Waals surface area contributed by atoms with Crippen molar-refractivity contribution in [2.75, 3.05) is 0 Å². The van der Waals surface area contributed by atoms with Gasteiger partial charge in [-0.2, -0.15) is 5.10 Å². The van der Waals surface area contributed by atoms with Gasteiger partial charge in [0, 0.05) is 17.3 Å². The monoisotopic (exact) mass is 345 g/mol. The van der Waals surface area contributed by atoms with Crippen LogP contribution in [0.5, 0.6) is 5.75 Å². The van der Waals surface area contributed by atoms with E-state index in [-0.39, 0.29) is 0 Å². The molecule has 0 bridgehead atoms. The van der Waals surface area contributed by atoms with Gasteiger partial charge in [0.05, 0.1) is 11.8 Å². The molecule has 0 spiro atoms. The van der Waals surface area contributed by atoms with E-state index in [1.54, 1.807) is 54.9 Å². The number of carbonyl (C=O) groups is 1. The van der Waals surface area contributed by atoms with Crippen LogP contribution in [0.1, 0.15) is 22.2 Å². The summed E-state index contributed by atoms with van der Waals surface area (Å²) in [5.74, 6) is 0.715. The molecule has 1 N–H and O–H groups in total. The van der Waals surface area contributed by atoms with Crippen LogP contribution in [0, 0.1) is 0 Å². The lowest BCUT2D eigenvalue weighted by Gasteiger charge is -2.21. The van der Waals surface area contributed by atoms with Crippen LogP contribution in [-0.4, -0.2) is 21.2 Å². The molecule has 1 atom stereocenters. The van der Waals surface area contributed by atoms with Gasteiger partial charge in [0.1, 0.15) is 5.75 Å². The van der Waals surface area contributed by atoms with E-state index in [1.165, 1.54) is 0 Å². The predicted molar refractivity (Wildman–Crippen MR) is 94.7 cm³/mol. The molecule has 1 unspecified atom stereocenters. The fourth-order valence-corrected chi connectivity index (χ4v) is 2.60. The van der Waals surface area contributed by atoms with Crippen LogP contribution in [0.2, 0.25) is 0 Å². The molecular weight excluding hydrogens is 330 g/mol. The number of rotatable bonds is 5. The molecule has 2 aliphatic rings. The van der Waals surface area contributed by atoms with Gasteiger partial charge in [-0.15, -0.1) is 5.10 Å². The lowest BCUT2D eigenvalue weighted by atomic mass is 10.1. The second-order valence-electron chi connectivity index (χ2n) is 5.57. The highest BCUT2D eigenvalue weighted by molar-refractivity contribution is 5.89. The van der Waals surface area contributed by atoms with Crippen molar-refractivity contribution in [1.82, 2.24) is 15.2 Å². The number of para-hydroxylation sites is 1. The lowest BCUT2D eigenvalue weighted by Crippen LogP contribution is -2.18. The van der Waals surface area contributed by atoms with Crippen molar-refractivity contribution >= 4 is 5.97 Å². The molecule has 2 heterocycles. The number of benzene rings is 2. The van der Waals surface area contributed by atoms with Gasteiger partial charge >= 0.3 is 5.97 Å². The summed E-state index contributed by atoms with van der Waals surface area (Å²) in [6, 6.07) is 19.8. The number of hydrogen-bond donors (Lipinski definition) is 1. The molecule has 0 fully saturated rings. The van der Waals surface area contributed by atoms with Crippen LogP contribution < -0.4 is 4.74 Å². The number of nitrogens with zero attached hydrogens (tertiary/aromatic N) is 2. The topological polar surface area (TPSA) is 77.1 Å². The van der Waals surface area contributed by atoms with Crippen LogP contribution in [0.15, 0.2) is 79.1 Å². The first-order valence-electron chi connectivity index (χ1n) is 8.07. The van der Waals surface area contributed by atoms with Gasteiger partial charge in [0.25, 0.3) is 6.29 Å². The number of aromatic nitrogens is 3. The third-order valence-corrected chi connectivity index (χ3v) is 3.86. The highest BCUT2D eigenvalue weighted by Crippen LogP contribution is 2.31. The summed E-state index contributed by atoms with van der Waals surface area (Å²) >= 11 is 0. The standard InChI is InChI=1S/C20H15N3O3/c24-19(14-7-3-1-4-8-14)26-20(25-15-9-5-2-6-10-15)16-11-12-21-18-17(16)13-22-23-18/h1-13,20H,(H,21,22,23). The van der Waals surface area contributed by atoms with E-state index in [4.69, 9.17) is 9.47 Å². The number of hydrogen-bond acceptors (Lipinski definition) is 5. The molecule has 2 aliphatic heterocycles. The molecule has 0 radical (unpaired) electrons. The Hall–Kier alpha value is -3.67. The first-order valence-corrected chi connectivity index (χ1v) is 8.07. The van der Waals surface area contributed by atoms with Crippen molar-refractivity contribution in [3.05, 3.63) is 90.3 Å². The lowest BCUT2D eigenvalue weighted by molar-refractivity contribution is -0.0504. The Labute approximate surface area is 149 Å². The largest absolute Gasteiger partial charge is 0.450 e. The van der Waals surface area contributed by atoms with Crippen LogP contribution in [0.4, 0.5) is 0 Å². The van der Waals surface area contributed by atoms with Gasteiger partial charge in [-0.3, -0.25) is 0 Å². The fraction of sp³-hybridized carbons (Fsp3) is 0.0500. The number of fused-ring (bicyclic) bond motifs is 1. The Kier molecular flexibility index (Phi) is 4.30. The number of pyridine rings is 1. The van der Waals surface area contributed by atoms with Crippen molar-refractivity contribution in [1.29, 1.82) is 0 Å². The summed E-state index contributed by atoms with van der Waals surface area (Å²) in [6.45, 7) is 0. The third kappa shape index (κ3) is 3.25. The molecule has 6 heteroatoms. The molecule has 2 aromatic rings. The van der Waals surface area contributed by atoms with Crippen molar-refractivity contribution in [2.24, 2.45) is 0 Å². The van der Waals surface area contributed by atoms with Crippen molar-refractivity contribution in [2.45, 2.75) is 6.29 Å². The second-order valence-corrected chi connectivity index (χ2v) is 5.57. The highest BCUT2D eigenvalue weighted by atomic mass is 16.7. The number of esters is 1. The van der Waals surface area contributed by atoms with E-state index >= 15 is 0 Å². The van der Waals surface area contributed by atoms with E-state index in [1.807, 2.05) is 24.3 Å².